The number of benzene rings is 1. The van der Waals surface area contributed by atoms with Crippen LogP contribution < -0.4 is 10.5 Å². The first kappa shape index (κ1) is 20.2. The number of ether oxygens (including phenoxy) is 1. The summed E-state index contributed by atoms with van der Waals surface area (Å²) in [7, 11) is 1.63. The lowest BCUT2D eigenvalue weighted by molar-refractivity contribution is -0.144. The minimum Gasteiger partial charge on any atom is -0.497 e. The van der Waals surface area contributed by atoms with Crippen molar-refractivity contribution in [2.75, 3.05) is 33.3 Å². The van der Waals surface area contributed by atoms with Gasteiger partial charge in [-0.2, -0.15) is 0 Å². The van der Waals surface area contributed by atoms with E-state index in [2.05, 4.69) is 0 Å². The van der Waals surface area contributed by atoms with Crippen LogP contribution in [0.3, 0.4) is 0 Å². The maximum Gasteiger partial charge on any atom is 0.227 e. The number of amides is 2. The Morgan fingerprint density at radius 3 is 2.38 bits per heavy atom. The fraction of sp³-hybridized carbons (Fsp3) is 0.652. The van der Waals surface area contributed by atoms with Crippen molar-refractivity contribution in [2.24, 2.45) is 23.5 Å². The summed E-state index contributed by atoms with van der Waals surface area (Å²) >= 11 is 0. The van der Waals surface area contributed by atoms with Gasteiger partial charge in [0.1, 0.15) is 5.75 Å². The zero-order chi connectivity index (χ0) is 20.4. The molecule has 158 valence electrons. The third-order valence-corrected chi connectivity index (χ3v) is 7.20. The van der Waals surface area contributed by atoms with Crippen LogP contribution in [0.25, 0.3) is 0 Å². The molecular formula is C23H33N3O3. The predicted octanol–water partition coefficient (Wildman–Crippen LogP) is 2.06. The average molecular weight is 400 g/mol. The molecule has 3 aliphatic rings. The summed E-state index contributed by atoms with van der Waals surface area (Å²) in [6, 6.07) is 7.93. The van der Waals surface area contributed by atoms with Crippen LogP contribution >= 0.6 is 0 Å². The number of hydrogen-bond donors (Lipinski definition) is 1. The van der Waals surface area contributed by atoms with E-state index in [0.717, 1.165) is 24.2 Å². The van der Waals surface area contributed by atoms with E-state index in [1.165, 1.54) is 19.3 Å². The van der Waals surface area contributed by atoms with E-state index >= 15 is 0 Å². The van der Waals surface area contributed by atoms with Crippen molar-refractivity contribution >= 4 is 11.8 Å². The minimum absolute atomic E-state index is 0.114. The second-order valence-corrected chi connectivity index (χ2v) is 8.93. The molecule has 1 aromatic carbocycles. The lowest BCUT2D eigenvalue weighted by Crippen LogP contribution is -2.54. The minimum atomic E-state index is 0.114. The molecular weight excluding hydrogens is 366 g/mol. The molecule has 2 unspecified atom stereocenters. The molecule has 29 heavy (non-hydrogen) atoms. The Bertz CT molecular complexity index is 731. The Balaban J connectivity index is 1.28. The molecule has 3 fully saturated rings. The van der Waals surface area contributed by atoms with Gasteiger partial charge in [-0.3, -0.25) is 9.59 Å². The van der Waals surface area contributed by atoms with Gasteiger partial charge in [0, 0.05) is 38.1 Å². The molecule has 6 heteroatoms. The number of nitrogens with zero attached hydrogens (tertiary/aromatic N) is 2. The number of rotatable bonds is 4. The predicted molar refractivity (Wildman–Crippen MR) is 111 cm³/mol. The smallest absolute Gasteiger partial charge is 0.227 e. The highest BCUT2D eigenvalue weighted by Crippen LogP contribution is 2.42. The first-order valence-corrected chi connectivity index (χ1v) is 11.0. The second kappa shape index (κ2) is 8.74. The molecule has 2 aliphatic carbocycles. The van der Waals surface area contributed by atoms with Crippen molar-refractivity contribution in [3.05, 3.63) is 29.8 Å². The van der Waals surface area contributed by atoms with E-state index in [0.29, 0.717) is 50.5 Å². The van der Waals surface area contributed by atoms with E-state index in [1.807, 2.05) is 34.1 Å². The number of carbonyl (C=O) groups is 2. The van der Waals surface area contributed by atoms with Gasteiger partial charge in [0.2, 0.25) is 11.8 Å². The highest BCUT2D eigenvalue weighted by Gasteiger charge is 2.42. The molecule has 2 N–H and O–H groups in total. The molecule has 2 amide bonds. The Morgan fingerprint density at radius 2 is 1.72 bits per heavy atom. The number of hydrogen-bond acceptors (Lipinski definition) is 4. The summed E-state index contributed by atoms with van der Waals surface area (Å²) in [4.78, 5) is 29.6. The first-order valence-electron chi connectivity index (χ1n) is 11.0. The van der Waals surface area contributed by atoms with Crippen molar-refractivity contribution in [3.8, 4) is 5.75 Å². The van der Waals surface area contributed by atoms with Gasteiger partial charge < -0.3 is 20.3 Å². The van der Waals surface area contributed by atoms with Gasteiger partial charge in [-0.25, -0.2) is 0 Å². The van der Waals surface area contributed by atoms with Gasteiger partial charge >= 0.3 is 0 Å². The van der Waals surface area contributed by atoms with Crippen LogP contribution in [0.2, 0.25) is 0 Å². The van der Waals surface area contributed by atoms with E-state index < -0.39 is 0 Å². The van der Waals surface area contributed by atoms with Gasteiger partial charge in [-0.15, -0.1) is 0 Å². The summed E-state index contributed by atoms with van der Waals surface area (Å²) in [5.74, 6) is 2.33. The zero-order valence-corrected chi connectivity index (χ0v) is 17.4. The molecule has 0 radical (unpaired) electrons. The van der Waals surface area contributed by atoms with Gasteiger partial charge in [0.05, 0.1) is 13.5 Å². The van der Waals surface area contributed by atoms with Gasteiger partial charge in [-0.05, 0) is 55.2 Å². The molecule has 0 aromatic heterocycles. The van der Waals surface area contributed by atoms with Crippen molar-refractivity contribution < 1.29 is 14.3 Å². The topological polar surface area (TPSA) is 75.9 Å². The highest BCUT2D eigenvalue weighted by molar-refractivity contribution is 5.81. The first-order chi connectivity index (χ1) is 14.0. The van der Waals surface area contributed by atoms with Crippen molar-refractivity contribution in [2.45, 2.75) is 44.6 Å². The normalized spacial score (nSPS) is 29.4. The van der Waals surface area contributed by atoms with E-state index in [4.69, 9.17) is 10.5 Å². The Labute approximate surface area is 173 Å². The van der Waals surface area contributed by atoms with E-state index in [1.54, 1.807) is 7.11 Å². The third kappa shape index (κ3) is 4.42. The van der Waals surface area contributed by atoms with Crippen LogP contribution in [0, 0.1) is 17.8 Å². The Hall–Kier alpha value is -2.08. The number of carbonyl (C=O) groups excluding carboxylic acids is 2. The molecule has 2 saturated carbocycles. The van der Waals surface area contributed by atoms with Gasteiger partial charge in [0.25, 0.3) is 0 Å². The van der Waals surface area contributed by atoms with Gasteiger partial charge in [0.15, 0.2) is 0 Å². The molecule has 1 saturated heterocycles. The SMILES string of the molecule is COc1cccc(CC(=O)N2CCN(C(=O)C3CC4CCCC(C3)C4N)CC2)c1. The summed E-state index contributed by atoms with van der Waals surface area (Å²) in [5.41, 5.74) is 7.34. The van der Waals surface area contributed by atoms with E-state index in [-0.39, 0.29) is 17.7 Å². The monoisotopic (exact) mass is 399 g/mol. The van der Waals surface area contributed by atoms with Crippen molar-refractivity contribution in [1.29, 1.82) is 0 Å². The largest absolute Gasteiger partial charge is 0.497 e. The van der Waals surface area contributed by atoms with Crippen LogP contribution in [0.1, 0.15) is 37.7 Å². The Kier molecular flexibility index (Phi) is 6.09. The summed E-state index contributed by atoms with van der Waals surface area (Å²) in [6.07, 6.45) is 5.88. The zero-order valence-electron chi connectivity index (χ0n) is 17.4. The maximum absolute atomic E-state index is 13.1. The van der Waals surface area contributed by atoms with E-state index in [9.17, 15) is 9.59 Å². The lowest BCUT2D eigenvalue weighted by atomic mass is 9.65. The van der Waals surface area contributed by atoms with Gasteiger partial charge in [-0.1, -0.05) is 18.6 Å². The number of methoxy groups -OCH3 is 1. The highest BCUT2D eigenvalue weighted by atomic mass is 16.5. The van der Waals surface area contributed by atoms with Crippen LogP contribution in [-0.2, 0) is 16.0 Å². The standard InChI is InChI=1S/C23H33N3O3/c1-29-20-7-2-4-16(12-20)13-21(27)25-8-10-26(11-9-25)23(28)19-14-17-5-3-6-18(15-19)22(17)24/h2,4,7,12,17-19,22H,3,5-6,8-11,13-15,24H2,1H3. The third-order valence-electron chi connectivity index (χ3n) is 7.20. The molecule has 4 rings (SSSR count). The van der Waals surface area contributed by atoms with Crippen LogP contribution in [0.15, 0.2) is 24.3 Å². The second-order valence-electron chi connectivity index (χ2n) is 8.93. The summed E-state index contributed by atoms with van der Waals surface area (Å²) in [5, 5.41) is 0. The number of nitrogens with two attached hydrogens (primary N) is 1. The number of piperazine rings is 1. The average Bonchev–Trinajstić information content (AvgIpc) is 2.73. The molecule has 2 atom stereocenters. The van der Waals surface area contributed by atoms with Crippen molar-refractivity contribution in [3.63, 3.8) is 0 Å². The lowest BCUT2D eigenvalue weighted by Gasteiger charge is -2.45. The molecule has 2 bridgehead atoms. The quantitative estimate of drug-likeness (QED) is 0.841. The molecule has 1 heterocycles. The summed E-state index contributed by atoms with van der Waals surface area (Å²) < 4.78 is 5.24. The number of fused-ring (bicyclic) bond motifs is 2. The summed E-state index contributed by atoms with van der Waals surface area (Å²) in [6.45, 7) is 2.52. The molecule has 1 aromatic rings. The molecule has 6 nitrogen and oxygen atoms in total. The van der Waals surface area contributed by atoms with Crippen LogP contribution in [-0.4, -0.2) is 60.9 Å². The van der Waals surface area contributed by atoms with Crippen molar-refractivity contribution in [1.82, 2.24) is 9.80 Å². The Morgan fingerprint density at radius 1 is 1.07 bits per heavy atom. The fourth-order valence-electron chi connectivity index (χ4n) is 5.49. The maximum atomic E-state index is 13.1. The van der Waals surface area contributed by atoms with Crippen LogP contribution in [0.4, 0.5) is 0 Å². The fourth-order valence-corrected chi connectivity index (χ4v) is 5.49. The molecule has 1 aliphatic heterocycles. The van der Waals surface area contributed by atoms with Crippen LogP contribution in [0.5, 0.6) is 5.75 Å². The molecule has 0 spiro atoms.